The van der Waals surface area contributed by atoms with Gasteiger partial charge in [-0.15, -0.1) is 0 Å². The number of hydrogen-bond donors (Lipinski definition) is 5. The first-order chi connectivity index (χ1) is 21.5. The van der Waals surface area contributed by atoms with E-state index in [2.05, 4.69) is 17.9 Å². The fourth-order valence-electron chi connectivity index (χ4n) is 4.41. The summed E-state index contributed by atoms with van der Waals surface area (Å²) in [5.74, 6) is 0.591. The Labute approximate surface area is 268 Å². The van der Waals surface area contributed by atoms with Crippen LogP contribution in [0.3, 0.4) is 0 Å². The topological polar surface area (TPSA) is 164 Å². The van der Waals surface area contributed by atoms with Gasteiger partial charge in [-0.3, -0.25) is 4.79 Å². The molecule has 44 heavy (non-hydrogen) atoms. The second-order valence-electron chi connectivity index (χ2n) is 10.5. The van der Waals surface area contributed by atoms with Crippen LogP contribution in [0.1, 0.15) is 58.3 Å². The predicted octanol–water partition coefficient (Wildman–Crippen LogP) is 1.10. The van der Waals surface area contributed by atoms with E-state index in [4.69, 9.17) is 37.9 Å². The summed E-state index contributed by atoms with van der Waals surface area (Å²) in [4.78, 5) is 11.4. The number of thiol groups is 1. The van der Waals surface area contributed by atoms with Crippen LogP contribution in [-0.4, -0.2) is 150 Å². The third kappa shape index (κ3) is 22.0. The summed E-state index contributed by atoms with van der Waals surface area (Å²) in [6.07, 6.45) is 5.40. The Bertz CT molecular complexity index is 653. The quantitative estimate of drug-likeness (QED) is 0.0534. The highest BCUT2D eigenvalue weighted by molar-refractivity contribution is 7.80. The molecule has 14 heteroatoms. The van der Waals surface area contributed by atoms with Gasteiger partial charge < -0.3 is 58.5 Å². The number of aliphatic hydroxyl groups is 3. The van der Waals surface area contributed by atoms with Crippen LogP contribution in [0.2, 0.25) is 0 Å². The molecule has 0 aromatic heterocycles. The normalized spacial score (nSPS) is 22.0. The number of ether oxygens (including phenoxy) is 8. The van der Waals surface area contributed by atoms with Crippen LogP contribution in [0.4, 0.5) is 0 Å². The van der Waals surface area contributed by atoms with Crippen LogP contribution < -0.4 is 5.32 Å². The van der Waals surface area contributed by atoms with Crippen LogP contribution >= 0.6 is 12.6 Å². The fraction of sp³-hybridized carbons (Fsp3) is 0.967. The van der Waals surface area contributed by atoms with Gasteiger partial charge in [0.05, 0.1) is 85.9 Å². The molecule has 0 saturated carbocycles. The van der Waals surface area contributed by atoms with Gasteiger partial charge in [-0.2, -0.15) is 12.6 Å². The largest absolute Gasteiger partial charge is 0.394 e. The summed E-state index contributed by atoms with van der Waals surface area (Å²) in [6.45, 7) is 6.71. The Morgan fingerprint density at radius 3 is 1.48 bits per heavy atom. The number of rotatable bonds is 31. The van der Waals surface area contributed by atoms with Crippen molar-refractivity contribution in [2.75, 3.05) is 98.2 Å². The van der Waals surface area contributed by atoms with Crippen molar-refractivity contribution in [3.8, 4) is 0 Å². The van der Waals surface area contributed by atoms with Gasteiger partial charge in [0.25, 0.3) is 0 Å². The standard InChI is InChI=1S/C30H59NO12S/c1-25(33)31-27-29(35)28(34)26(24-32)43-30(27)42-22-21-41-20-19-40-18-17-39-16-15-38-14-13-37-12-11-36-10-8-6-4-2-3-5-7-9-23-44/h26-30,32,34-35,44H,2-24H2,1H3,(H,31,33)/t26?,27?,28-,29+,30+/m0/s1. The van der Waals surface area contributed by atoms with Crippen molar-refractivity contribution in [3.05, 3.63) is 0 Å². The van der Waals surface area contributed by atoms with Crippen LogP contribution in [0.15, 0.2) is 0 Å². The first-order valence-electron chi connectivity index (χ1n) is 16.1. The van der Waals surface area contributed by atoms with Gasteiger partial charge in [0.15, 0.2) is 6.29 Å². The molecular formula is C30H59NO12S. The van der Waals surface area contributed by atoms with Gasteiger partial charge in [0.1, 0.15) is 24.4 Å². The zero-order valence-corrected chi connectivity index (χ0v) is 27.5. The highest BCUT2D eigenvalue weighted by Crippen LogP contribution is 2.22. The SMILES string of the molecule is CC(=O)NC1[C@H](OCCOCCOCCOCCOCCOCCOCCCCCCCCCCS)OC(CO)[C@H](O)[C@@H]1O. The Hall–Kier alpha value is -0.620. The number of nitrogens with one attached hydrogen (secondary N) is 1. The Balaban J connectivity index is 1.81. The molecular weight excluding hydrogens is 598 g/mol. The molecule has 0 radical (unpaired) electrons. The molecule has 5 atom stereocenters. The van der Waals surface area contributed by atoms with E-state index in [-0.39, 0.29) is 13.2 Å². The molecule has 2 unspecified atom stereocenters. The molecule has 1 aliphatic heterocycles. The zero-order valence-electron chi connectivity index (χ0n) is 26.6. The minimum atomic E-state index is -1.35. The van der Waals surface area contributed by atoms with Gasteiger partial charge in [0, 0.05) is 13.5 Å². The summed E-state index contributed by atoms with van der Waals surface area (Å²) >= 11 is 4.24. The van der Waals surface area contributed by atoms with Crippen molar-refractivity contribution in [1.29, 1.82) is 0 Å². The minimum Gasteiger partial charge on any atom is -0.394 e. The zero-order chi connectivity index (χ0) is 32.1. The van der Waals surface area contributed by atoms with Crippen molar-refractivity contribution in [2.24, 2.45) is 0 Å². The average molecular weight is 658 g/mol. The first kappa shape index (κ1) is 41.4. The van der Waals surface area contributed by atoms with Gasteiger partial charge >= 0.3 is 0 Å². The number of carbonyl (C=O) groups is 1. The smallest absolute Gasteiger partial charge is 0.217 e. The van der Waals surface area contributed by atoms with Crippen molar-refractivity contribution < 1.29 is 58.0 Å². The van der Waals surface area contributed by atoms with E-state index in [1.165, 1.54) is 51.9 Å². The fourth-order valence-corrected chi connectivity index (χ4v) is 4.64. The molecule has 1 amide bonds. The highest BCUT2D eigenvalue weighted by Gasteiger charge is 2.45. The molecule has 0 spiro atoms. The number of amides is 1. The molecule has 0 aromatic carbocycles. The van der Waals surface area contributed by atoms with Crippen LogP contribution in [0.5, 0.6) is 0 Å². The van der Waals surface area contributed by atoms with Crippen molar-refractivity contribution >= 4 is 18.5 Å². The van der Waals surface area contributed by atoms with Crippen LogP contribution in [0, 0.1) is 0 Å². The number of aliphatic hydroxyl groups excluding tert-OH is 3. The molecule has 1 rings (SSSR count). The summed E-state index contributed by atoms with van der Waals surface area (Å²) < 4.78 is 44.1. The molecule has 0 aliphatic carbocycles. The molecule has 262 valence electrons. The Kier molecular flexibility index (Phi) is 28.0. The summed E-state index contributed by atoms with van der Waals surface area (Å²) in [5.41, 5.74) is 0. The second-order valence-corrected chi connectivity index (χ2v) is 11.0. The van der Waals surface area contributed by atoms with Crippen LogP contribution in [0.25, 0.3) is 0 Å². The molecule has 13 nitrogen and oxygen atoms in total. The summed E-state index contributed by atoms with van der Waals surface area (Å²) in [7, 11) is 0. The molecule has 1 fully saturated rings. The highest BCUT2D eigenvalue weighted by atomic mass is 32.1. The maximum atomic E-state index is 11.4. The molecule has 1 saturated heterocycles. The van der Waals surface area contributed by atoms with E-state index in [1.54, 1.807) is 0 Å². The van der Waals surface area contributed by atoms with Crippen molar-refractivity contribution in [2.45, 2.75) is 88.9 Å². The Morgan fingerprint density at radius 2 is 1.05 bits per heavy atom. The maximum Gasteiger partial charge on any atom is 0.217 e. The number of unbranched alkanes of at least 4 members (excludes halogenated alkanes) is 7. The third-order valence-electron chi connectivity index (χ3n) is 6.82. The predicted molar refractivity (Wildman–Crippen MR) is 167 cm³/mol. The monoisotopic (exact) mass is 657 g/mol. The van der Waals surface area contributed by atoms with Crippen LogP contribution in [-0.2, 0) is 42.7 Å². The molecule has 4 N–H and O–H groups in total. The molecule has 1 heterocycles. The second kappa shape index (κ2) is 29.8. The minimum absolute atomic E-state index is 0.113. The molecule has 1 aliphatic rings. The van der Waals surface area contributed by atoms with Gasteiger partial charge in [-0.1, -0.05) is 38.5 Å². The molecule has 0 aromatic rings. The van der Waals surface area contributed by atoms with E-state index in [1.807, 2.05) is 0 Å². The Morgan fingerprint density at radius 1 is 0.636 bits per heavy atom. The summed E-state index contributed by atoms with van der Waals surface area (Å²) in [6, 6.07) is -0.977. The first-order valence-corrected chi connectivity index (χ1v) is 16.7. The summed E-state index contributed by atoms with van der Waals surface area (Å²) in [5, 5.41) is 32.1. The van der Waals surface area contributed by atoms with Gasteiger partial charge in [-0.25, -0.2) is 0 Å². The lowest BCUT2D eigenvalue weighted by Gasteiger charge is -2.42. The van der Waals surface area contributed by atoms with Gasteiger partial charge in [-0.05, 0) is 18.6 Å². The maximum absolute atomic E-state index is 11.4. The lowest BCUT2D eigenvalue weighted by atomic mass is 9.97. The van der Waals surface area contributed by atoms with E-state index >= 15 is 0 Å². The lowest BCUT2D eigenvalue weighted by Crippen LogP contribution is -2.64. The third-order valence-corrected chi connectivity index (χ3v) is 7.13. The number of hydrogen-bond acceptors (Lipinski definition) is 13. The number of carbonyl (C=O) groups excluding carboxylic acids is 1. The van der Waals surface area contributed by atoms with E-state index in [9.17, 15) is 20.1 Å². The average Bonchev–Trinajstić information content (AvgIpc) is 3.01. The van der Waals surface area contributed by atoms with Crippen molar-refractivity contribution in [1.82, 2.24) is 5.32 Å². The van der Waals surface area contributed by atoms with E-state index in [0.717, 1.165) is 18.8 Å². The lowest BCUT2D eigenvalue weighted by molar-refractivity contribution is -0.272. The van der Waals surface area contributed by atoms with E-state index < -0.39 is 43.2 Å². The van der Waals surface area contributed by atoms with Crippen molar-refractivity contribution in [3.63, 3.8) is 0 Å². The molecule has 0 bridgehead atoms. The van der Waals surface area contributed by atoms with E-state index in [0.29, 0.717) is 66.1 Å². The van der Waals surface area contributed by atoms with Gasteiger partial charge in [0.2, 0.25) is 5.91 Å².